The van der Waals surface area contributed by atoms with Crippen molar-refractivity contribution >= 4 is 6.09 Å². The molecule has 0 aliphatic carbocycles. The van der Waals surface area contributed by atoms with Crippen LogP contribution < -0.4 is 19.5 Å². The van der Waals surface area contributed by atoms with E-state index in [0.29, 0.717) is 18.0 Å². The Hall–Kier alpha value is -2.69. The van der Waals surface area contributed by atoms with Gasteiger partial charge in [-0.1, -0.05) is 25.5 Å². The van der Waals surface area contributed by atoms with Crippen LogP contribution >= 0.6 is 0 Å². The third-order valence-electron chi connectivity index (χ3n) is 3.40. The molecule has 128 valence electrons. The van der Waals surface area contributed by atoms with Crippen molar-refractivity contribution in [1.82, 2.24) is 5.32 Å². The van der Waals surface area contributed by atoms with Crippen LogP contribution in [0.1, 0.15) is 25.3 Å². The molecule has 2 aromatic rings. The molecule has 5 heteroatoms. The molecule has 0 heterocycles. The van der Waals surface area contributed by atoms with Gasteiger partial charge in [-0.15, -0.1) is 0 Å². The molecule has 2 rings (SSSR count). The molecule has 0 spiro atoms. The van der Waals surface area contributed by atoms with Crippen LogP contribution in [0, 0.1) is 0 Å². The zero-order valence-corrected chi connectivity index (χ0v) is 14.1. The molecule has 0 atom stereocenters. The van der Waals surface area contributed by atoms with Gasteiger partial charge in [0.1, 0.15) is 17.2 Å². The number of amides is 1. The number of ether oxygens (including phenoxy) is 3. The van der Waals surface area contributed by atoms with E-state index in [-0.39, 0.29) is 0 Å². The SMILES string of the molecule is CCCCOc1ccc(CNC(=O)Oc2ccc(OC)cc2)cc1. The summed E-state index contributed by atoms with van der Waals surface area (Å²) in [4.78, 5) is 11.8. The van der Waals surface area contributed by atoms with Crippen LogP contribution in [0.5, 0.6) is 17.2 Å². The van der Waals surface area contributed by atoms with E-state index in [4.69, 9.17) is 14.2 Å². The van der Waals surface area contributed by atoms with E-state index in [0.717, 1.165) is 30.8 Å². The second-order valence-corrected chi connectivity index (χ2v) is 5.26. The normalized spacial score (nSPS) is 10.1. The van der Waals surface area contributed by atoms with E-state index in [2.05, 4.69) is 12.2 Å². The van der Waals surface area contributed by atoms with Gasteiger partial charge in [0.05, 0.1) is 13.7 Å². The zero-order valence-electron chi connectivity index (χ0n) is 14.1. The number of rotatable bonds is 8. The lowest BCUT2D eigenvalue weighted by Gasteiger charge is -2.09. The molecule has 1 N–H and O–H groups in total. The highest BCUT2D eigenvalue weighted by Gasteiger charge is 2.05. The predicted molar refractivity (Wildman–Crippen MR) is 92.7 cm³/mol. The van der Waals surface area contributed by atoms with Gasteiger partial charge < -0.3 is 19.5 Å². The van der Waals surface area contributed by atoms with Crippen molar-refractivity contribution in [3.63, 3.8) is 0 Å². The van der Waals surface area contributed by atoms with E-state index in [9.17, 15) is 4.79 Å². The van der Waals surface area contributed by atoms with Crippen LogP contribution in [0.2, 0.25) is 0 Å². The summed E-state index contributed by atoms with van der Waals surface area (Å²) in [6, 6.07) is 14.5. The van der Waals surface area contributed by atoms with Crippen molar-refractivity contribution in [2.45, 2.75) is 26.3 Å². The maximum atomic E-state index is 11.8. The summed E-state index contributed by atoms with van der Waals surface area (Å²) in [6.07, 6.45) is 1.65. The average Bonchev–Trinajstić information content (AvgIpc) is 2.62. The Morgan fingerprint density at radius 2 is 1.58 bits per heavy atom. The second kappa shape index (κ2) is 9.45. The molecule has 0 unspecified atom stereocenters. The Labute approximate surface area is 142 Å². The quantitative estimate of drug-likeness (QED) is 0.739. The summed E-state index contributed by atoms with van der Waals surface area (Å²) in [6.45, 7) is 3.25. The molecule has 0 aliphatic rings. The van der Waals surface area contributed by atoms with Gasteiger partial charge in [0.25, 0.3) is 0 Å². The van der Waals surface area contributed by atoms with Crippen LogP contribution in [0.25, 0.3) is 0 Å². The Bertz CT molecular complexity index is 623. The van der Waals surface area contributed by atoms with Crippen LogP contribution in [-0.4, -0.2) is 19.8 Å². The molecule has 0 saturated heterocycles. The van der Waals surface area contributed by atoms with Gasteiger partial charge in [0, 0.05) is 6.54 Å². The minimum atomic E-state index is -0.497. The molecule has 0 aromatic heterocycles. The number of hydrogen-bond acceptors (Lipinski definition) is 4. The lowest BCUT2D eigenvalue weighted by Crippen LogP contribution is -2.26. The zero-order chi connectivity index (χ0) is 17.2. The standard InChI is InChI=1S/C19H23NO4/c1-3-4-13-23-17-7-5-15(6-8-17)14-20-19(21)24-18-11-9-16(22-2)10-12-18/h5-12H,3-4,13-14H2,1-2H3,(H,20,21). The lowest BCUT2D eigenvalue weighted by atomic mass is 10.2. The molecule has 0 fully saturated rings. The summed E-state index contributed by atoms with van der Waals surface area (Å²) >= 11 is 0. The fourth-order valence-electron chi connectivity index (χ4n) is 2.00. The first kappa shape index (κ1) is 17.7. The fourth-order valence-corrected chi connectivity index (χ4v) is 2.00. The molecule has 0 bridgehead atoms. The van der Waals surface area contributed by atoms with E-state index in [1.54, 1.807) is 31.4 Å². The topological polar surface area (TPSA) is 56.8 Å². The fraction of sp³-hybridized carbons (Fsp3) is 0.316. The van der Waals surface area contributed by atoms with Crippen molar-refractivity contribution < 1.29 is 19.0 Å². The molecule has 0 saturated carbocycles. The first-order valence-corrected chi connectivity index (χ1v) is 8.02. The summed E-state index contributed by atoms with van der Waals surface area (Å²) in [5.41, 5.74) is 0.976. The van der Waals surface area contributed by atoms with E-state index in [1.807, 2.05) is 24.3 Å². The van der Waals surface area contributed by atoms with Gasteiger partial charge in [-0.05, 0) is 48.4 Å². The number of carbonyl (C=O) groups is 1. The summed E-state index contributed by atoms with van der Waals surface area (Å²) in [5, 5.41) is 2.71. The second-order valence-electron chi connectivity index (χ2n) is 5.26. The highest BCUT2D eigenvalue weighted by molar-refractivity contribution is 5.70. The highest BCUT2D eigenvalue weighted by atomic mass is 16.6. The number of unbranched alkanes of at least 4 members (excludes halogenated alkanes) is 1. The summed E-state index contributed by atoms with van der Waals surface area (Å²) < 4.78 is 15.9. The monoisotopic (exact) mass is 329 g/mol. The molecule has 24 heavy (non-hydrogen) atoms. The molecular weight excluding hydrogens is 306 g/mol. The average molecular weight is 329 g/mol. The molecule has 5 nitrogen and oxygen atoms in total. The Balaban J connectivity index is 1.76. The largest absolute Gasteiger partial charge is 0.497 e. The van der Waals surface area contributed by atoms with Crippen molar-refractivity contribution in [2.24, 2.45) is 0 Å². The van der Waals surface area contributed by atoms with Crippen LogP contribution in [0.3, 0.4) is 0 Å². The van der Waals surface area contributed by atoms with Gasteiger partial charge in [-0.2, -0.15) is 0 Å². The Morgan fingerprint density at radius 1 is 0.958 bits per heavy atom. The first-order chi connectivity index (χ1) is 11.7. The van der Waals surface area contributed by atoms with Gasteiger partial charge in [0.15, 0.2) is 0 Å². The first-order valence-electron chi connectivity index (χ1n) is 8.02. The van der Waals surface area contributed by atoms with E-state index >= 15 is 0 Å². The van der Waals surface area contributed by atoms with Crippen molar-refractivity contribution in [2.75, 3.05) is 13.7 Å². The molecule has 0 aliphatic heterocycles. The molecule has 2 aromatic carbocycles. The third kappa shape index (κ3) is 5.83. The third-order valence-corrected chi connectivity index (χ3v) is 3.40. The minimum absolute atomic E-state index is 0.393. The van der Waals surface area contributed by atoms with Crippen molar-refractivity contribution in [3.05, 3.63) is 54.1 Å². The number of hydrogen-bond donors (Lipinski definition) is 1. The predicted octanol–water partition coefficient (Wildman–Crippen LogP) is 4.16. The van der Waals surface area contributed by atoms with Gasteiger partial charge in [-0.3, -0.25) is 0 Å². The number of nitrogens with one attached hydrogen (secondary N) is 1. The smallest absolute Gasteiger partial charge is 0.412 e. The maximum Gasteiger partial charge on any atom is 0.412 e. The van der Waals surface area contributed by atoms with Crippen LogP contribution in [0.4, 0.5) is 4.79 Å². The lowest BCUT2D eigenvalue weighted by molar-refractivity contribution is 0.200. The Kier molecular flexibility index (Phi) is 6.95. The number of carbonyl (C=O) groups excluding carboxylic acids is 1. The van der Waals surface area contributed by atoms with Crippen molar-refractivity contribution in [1.29, 1.82) is 0 Å². The summed E-state index contributed by atoms with van der Waals surface area (Å²) in [5.74, 6) is 2.02. The molecule has 0 radical (unpaired) electrons. The van der Waals surface area contributed by atoms with Crippen molar-refractivity contribution in [3.8, 4) is 17.2 Å². The van der Waals surface area contributed by atoms with Gasteiger partial charge >= 0.3 is 6.09 Å². The molecular formula is C19H23NO4. The Morgan fingerprint density at radius 3 is 2.21 bits per heavy atom. The minimum Gasteiger partial charge on any atom is -0.497 e. The molecule has 1 amide bonds. The number of methoxy groups -OCH3 is 1. The van der Waals surface area contributed by atoms with Crippen LogP contribution in [-0.2, 0) is 6.54 Å². The van der Waals surface area contributed by atoms with Gasteiger partial charge in [-0.25, -0.2) is 4.79 Å². The number of benzene rings is 2. The maximum absolute atomic E-state index is 11.8. The highest BCUT2D eigenvalue weighted by Crippen LogP contribution is 2.17. The van der Waals surface area contributed by atoms with E-state index in [1.165, 1.54) is 0 Å². The van der Waals surface area contributed by atoms with Gasteiger partial charge in [0.2, 0.25) is 0 Å². The van der Waals surface area contributed by atoms with Crippen LogP contribution in [0.15, 0.2) is 48.5 Å². The summed E-state index contributed by atoms with van der Waals surface area (Å²) in [7, 11) is 1.59. The van der Waals surface area contributed by atoms with E-state index < -0.39 is 6.09 Å².